The molecule has 0 unspecified atom stereocenters. The van der Waals surface area contributed by atoms with E-state index in [0.29, 0.717) is 12.2 Å². The number of aliphatic hydroxyl groups is 1. The molecule has 0 heterocycles. The maximum absolute atomic E-state index is 13.7. The number of hydrogen-bond donors (Lipinski definition) is 2. The summed E-state index contributed by atoms with van der Waals surface area (Å²) in [4.78, 5) is 1.36. The first-order valence-corrected chi connectivity index (χ1v) is 13.6. The molecule has 186 valence electrons. The Morgan fingerprint density at radius 1 is 0.750 bits per heavy atom. The Hall–Kier alpha value is -3.45. The first-order chi connectivity index (χ1) is 17.4. The molecule has 0 aliphatic rings. The van der Waals surface area contributed by atoms with Gasteiger partial charge in [0, 0.05) is 11.1 Å². The van der Waals surface area contributed by atoms with Gasteiger partial charge in [0.25, 0.3) is 10.0 Å². The van der Waals surface area contributed by atoms with Crippen LogP contribution in [0.4, 0.5) is 5.69 Å². The second-order valence-electron chi connectivity index (χ2n) is 9.12. The van der Waals surface area contributed by atoms with Gasteiger partial charge in [-0.2, -0.15) is 0 Å². The summed E-state index contributed by atoms with van der Waals surface area (Å²) in [6.45, 7) is 3.74. The average Bonchev–Trinajstić information content (AvgIpc) is 2.89. The molecule has 0 saturated carbocycles. The minimum Gasteiger partial charge on any atom is -0.385 e. The quantitative estimate of drug-likeness (QED) is 0.328. The summed E-state index contributed by atoms with van der Waals surface area (Å²) in [6, 6.07) is 36.1. The summed E-state index contributed by atoms with van der Waals surface area (Å²) >= 11 is 0. The van der Waals surface area contributed by atoms with Crippen molar-refractivity contribution in [3.63, 3.8) is 0 Å². The number of quaternary nitrogens is 1. The van der Waals surface area contributed by atoms with Crippen LogP contribution in [0.3, 0.4) is 0 Å². The van der Waals surface area contributed by atoms with Gasteiger partial charge in [-0.1, -0.05) is 91.0 Å². The maximum atomic E-state index is 13.7. The molecule has 6 heteroatoms. The SMILES string of the molecule is Cc1cccc(N(C[C@@H](O)C[NH+](Cc2ccccc2)Cc2ccccc2)S(=O)(=O)c2ccccc2)c1. The Labute approximate surface area is 214 Å². The zero-order chi connectivity index (χ0) is 25.4. The van der Waals surface area contributed by atoms with Crippen molar-refractivity contribution in [3.8, 4) is 0 Å². The van der Waals surface area contributed by atoms with E-state index < -0.39 is 16.1 Å². The van der Waals surface area contributed by atoms with Crippen molar-refractivity contribution in [2.45, 2.75) is 31.0 Å². The molecule has 1 atom stereocenters. The highest BCUT2D eigenvalue weighted by Gasteiger charge is 2.29. The van der Waals surface area contributed by atoms with E-state index in [9.17, 15) is 13.5 Å². The number of aliphatic hydroxyl groups excluding tert-OH is 1. The van der Waals surface area contributed by atoms with Crippen LogP contribution >= 0.6 is 0 Å². The fourth-order valence-electron chi connectivity index (χ4n) is 4.41. The Morgan fingerprint density at radius 2 is 1.28 bits per heavy atom. The van der Waals surface area contributed by atoms with Crippen LogP contribution in [0.15, 0.2) is 120 Å². The normalized spacial score (nSPS) is 12.4. The number of nitrogens with zero attached hydrogens (tertiary/aromatic N) is 1. The number of sulfonamides is 1. The predicted molar refractivity (Wildman–Crippen MR) is 144 cm³/mol. The standard InChI is InChI=1S/C30H32N2O3S/c1-25-12-11-17-28(20-25)32(36(34,35)30-18-9-4-10-19-30)24-29(33)23-31(21-26-13-5-2-6-14-26)22-27-15-7-3-8-16-27/h2-20,29,33H,21-24H2,1H3/p+1/t29-/m0/s1. The second kappa shape index (κ2) is 12.0. The fraction of sp³-hybridized carbons (Fsp3) is 0.200. The summed E-state index contributed by atoms with van der Waals surface area (Å²) in [6.07, 6.45) is -0.869. The van der Waals surface area contributed by atoms with E-state index in [0.717, 1.165) is 23.6 Å². The summed E-state index contributed by atoms with van der Waals surface area (Å²) in [7, 11) is -3.86. The Kier molecular flexibility index (Phi) is 8.54. The lowest BCUT2D eigenvalue weighted by molar-refractivity contribution is -0.930. The molecule has 0 amide bonds. The summed E-state index contributed by atoms with van der Waals surface area (Å²) in [5.74, 6) is 0. The Bertz CT molecular complexity index is 1290. The molecular weight excluding hydrogens is 468 g/mol. The second-order valence-corrected chi connectivity index (χ2v) is 11.0. The predicted octanol–water partition coefficient (Wildman–Crippen LogP) is 3.84. The van der Waals surface area contributed by atoms with Crippen LogP contribution in [-0.4, -0.2) is 32.7 Å². The minimum absolute atomic E-state index is 0.0340. The molecule has 0 fully saturated rings. The Balaban J connectivity index is 1.59. The van der Waals surface area contributed by atoms with Gasteiger partial charge in [-0.3, -0.25) is 4.31 Å². The fourth-order valence-corrected chi connectivity index (χ4v) is 5.93. The minimum atomic E-state index is -3.86. The van der Waals surface area contributed by atoms with Gasteiger partial charge in [0.15, 0.2) is 0 Å². The van der Waals surface area contributed by atoms with Gasteiger partial charge >= 0.3 is 0 Å². The first-order valence-electron chi connectivity index (χ1n) is 12.2. The van der Waals surface area contributed by atoms with E-state index in [1.807, 2.05) is 61.5 Å². The number of nitrogens with one attached hydrogen (secondary N) is 1. The van der Waals surface area contributed by atoms with Gasteiger partial charge in [0.05, 0.1) is 17.1 Å². The lowest BCUT2D eigenvalue weighted by Gasteiger charge is -2.29. The zero-order valence-electron chi connectivity index (χ0n) is 20.5. The molecule has 0 aliphatic carbocycles. The molecule has 4 rings (SSSR count). The molecule has 0 radical (unpaired) electrons. The Morgan fingerprint density at radius 3 is 1.81 bits per heavy atom. The first kappa shape index (κ1) is 25.6. The maximum Gasteiger partial charge on any atom is 0.264 e. The van der Waals surface area contributed by atoms with Crippen LogP contribution in [0.5, 0.6) is 0 Å². The lowest BCUT2D eigenvalue weighted by Crippen LogP contribution is -3.10. The number of aryl methyl sites for hydroxylation is 1. The van der Waals surface area contributed by atoms with Gasteiger partial charge < -0.3 is 10.0 Å². The van der Waals surface area contributed by atoms with Crippen molar-refractivity contribution in [2.24, 2.45) is 0 Å². The van der Waals surface area contributed by atoms with Crippen molar-refractivity contribution in [1.29, 1.82) is 0 Å². The van der Waals surface area contributed by atoms with E-state index in [1.54, 1.807) is 36.4 Å². The molecule has 4 aromatic carbocycles. The third-order valence-electron chi connectivity index (χ3n) is 6.12. The van der Waals surface area contributed by atoms with Crippen LogP contribution in [0.1, 0.15) is 16.7 Å². The zero-order valence-corrected chi connectivity index (χ0v) is 21.3. The van der Waals surface area contributed by atoms with E-state index in [1.165, 1.54) is 15.4 Å². The molecule has 0 bridgehead atoms. The third kappa shape index (κ3) is 6.82. The van der Waals surface area contributed by atoms with E-state index in [4.69, 9.17) is 0 Å². The highest BCUT2D eigenvalue weighted by Crippen LogP contribution is 2.24. The summed E-state index contributed by atoms with van der Waals surface area (Å²) in [5.41, 5.74) is 3.84. The number of rotatable bonds is 11. The topological polar surface area (TPSA) is 62.1 Å². The summed E-state index contributed by atoms with van der Waals surface area (Å²) in [5, 5.41) is 11.3. The summed E-state index contributed by atoms with van der Waals surface area (Å²) < 4.78 is 28.6. The van der Waals surface area contributed by atoms with Gasteiger partial charge in [-0.25, -0.2) is 8.42 Å². The molecule has 0 saturated heterocycles. The molecule has 4 aromatic rings. The van der Waals surface area contributed by atoms with Crippen LogP contribution in [-0.2, 0) is 23.1 Å². The number of anilines is 1. The smallest absolute Gasteiger partial charge is 0.264 e. The molecule has 2 N–H and O–H groups in total. The molecule has 0 aromatic heterocycles. The van der Waals surface area contributed by atoms with Gasteiger partial charge in [-0.15, -0.1) is 0 Å². The van der Waals surface area contributed by atoms with Crippen LogP contribution in [0, 0.1) is 6.92 Å². The highest BCUT2D eigenvalue weighted by atomic mass is 32.2. The third-order valence-corrected chi connectivity index (χ3v) is 7.92. The lowest BCUT2D eigenvalue weighted by atomic mass is 10.1. The van der Waals surface area contributed by atoms with Gasteiger partial charge in [-0.05, 0) is 36.8 Å². The van der Waals surface area contributed by atoms with Gasteiger partial charge in [0.1, 0.15) is 25.7 Å². The van der Waals surface area contributed by atoms with Crippen molar-refractivity contribution < 1.29 is 18.4 Å². The van der Waals surface area contributed by atoms with E-state index in [2.05, 4.69) is 24.3 Å². The average molecular weight is 502 g/mol. The molecule has 0 aliphatic heterocycles. The van der Waals surface area contributed by atoms with E-state index >= 15 is 0 Å². The van der Waals surface area contributed by atoms with Crippen LogP contribution in [0.25, 0.3) is 0 Å². The van der Waals surface area contributed by atoms with Crippen molar-refractivity contribution in [2.75, 3.05) is 17.4 Å². The molecule has 5 nitrogen and oxygen atoms in total. The highest BCUT2D eigenvalue weighted by molar-refractivity contribution is 7.92. The molecular formula is C30H33N2O3S+. The van der Waals surface area contributed by atoms with Crippen LogP contribution in [0.2, 0.25) is 0 Å². The molecule has 0 spiro atoms. The van der Waals surface area contributed by atoms with Crippen molar-refractivity contribution >= 4 is 15.7 Å². The largest absolute Gasteiger partial charge is 0.385 e. The van der Waals surface area contributed by atoms with Crippen molar-refractivity contribution in [1.82, 2.24) is 0 Å². The molecule has 36 heavy (non-hydrogen) atoms. The monoisotopic (exact) mass is 501 g/mol. The number of benzene rings is 4. The van der Waals surface area contributed by atoms with Gasteiger partial charge in [0.2, 0.25) is 0 Å². The van der Waals surface area contributed by atoms with Crippen molar-refractivity contribution in [3.05, 3.63) is 132 Å². The van der Waals surface area contributed by atoms with E-state index in [-0.39, 0.29) is 11.4 Å². The number of hydrogen-bond acceptors (Lipinski definition) is 3. The van der Waals surface area contributed by atoms with Crippen LogP contribution < -0.4 is 9.21 Å².